The molecule has 4 atom stereocenters. The smallest absolute Gasteiger partial charge is 0.273 e. The van der Waals surface area contributed by atoms with Crippen molar-refractivity contribution in [2.75, 3.05) is 0 Å². The van der Waals surface area contributed by atoms with Crippen molar-refractivity contribution in [3.05, 3.63) is 0 Å². The molecule has 156 valence electrons. The number of hydrogen-bond acceptors (Lipinski definition) is 7. The molecule has 26 heavy (non-hydrogen) atoms. The predicted molar refractivity (Wildman–Crippen MR) is 95.5 cm³/mol. The fraction of sp³-hybridized carbons (Fsp3) is 0.944. The zero-order valence-electron chi connectivity index (χ0n) is 15.8. The minimum Gasteiger partial charge on any atom is -0.390 e. The van der Waals surface area contributed by atoms with E-state index in [-0.39, 0.29) is 12.8 Å². The number of rotatable bonds is 16. The van der Waals surface area contributed by atoms with Crippen molar-refractivity contribution >= 4 is 5.91 Å². The molecule has 0 aliphatic rings. The Labute approximate surface area is 156 Å². The van der Waals surface area contributed by atoms with Crippen LogP contribution in [0.3, 0.4) is 0 Å². The number of amides is 1. The van der Waals surface area contributed by atoms with Gasteiger partial charge in [0.05, 0.1) is 24.4 Å². The third-order valence-corrected chi connectivity index (χ3v) is 4.59. The molecular weight excluding hydrogens is 342 g/mol. The molecule has 0 aliphatic carbocycles. The highest BCUT2D eigenvalue weighted by Crippen LogP contribution is 2.16. The number of aliphatic hydroxyl groups is 4. The van der Waals surface area contributed by atoms with Gasteiger partial charge in [0.25, 0.3) is 5.91 Å². The minimum absolute atomic E-state index is 0.0462. The van der Waals surface area contributed by atoms with Crippen molar-refractivity contribution in [3.8, 4) is 0 Å². The van der Waals surface area contributed by atoms with E-state index in [0.29, 0.717) is 25.7 Å². The molecule has 0 heterocycles. The molecular formula is C18H37NO7. The molecule has 0 rings (SSSR count). The molecule has 0 aromatic rings. The van der Waals surface area contributed by atoms with Crippen LogP contribution in [0.5, 0.6) is 0 Å². The Morgan fingerprint density at radius 1 is 0.731 bits per heavy atom. The molecule has 0 aromatic carbocycles. The first kappa shape index (κ1) is 25.2. The van der Waals surface area contributed by atoms with Gasteiger partial charge in [0.1, 0.15) is 0 Å². The zero-order valence-corrected chi connectivity index (χ0v) is 15.8. The maximum atomic E-state index is 10.9. The molecule has 0 saturated heterocycles. The molecule has 0 saturated carbocycles. The van der Waals surface area contributed by atoms with Crippen molar-refractivity contribution in [2.45, 2.75) is 108 Å². The molecule has 0 aromatic heterocycles. The largest absolute Gasteiger partial charge is 0.390 e. The van der Waals surface area contributed by atoms with E-state index in [1.165, 1.54) is 0 Å². The topological polar surface area (TPSA) is 142 Å². The first-order chi connectivity index (χ1) is 12.3. The van der Waals surface area contributed by atoms with Crippen molar-refractivity contribution < 1.29 is 35.6 Å². The summed E-state index contributed by atoms with van der Waals surface area (Å²) < 4.78 is 0. The van der Waals surface area contributed by atoms with Gasteiger partial charge in [0.15, 0.2) is 0 Å². The van der Waals surface area contributed by atoms with Crippen LogP contribution in [0.1, 0.15) is 84.0 Å². The first-order valence-corrected chi connectivity index (χ1v) is 9.72. The molecule has 0 radical (unpaired) electrons. The lowest BCUT2D eigenvalue weighted by Crippen LogP contribution is -2.35. The van der Waals surface area contributed by atoms with E-state index < -0.39 is 35.5 Å². The molecule has 0 spiro atoms. The molecule has 4 unspecified atom stereocenters. The number of nitrogens with zero attached hydrogens (tertiary/aromatic N) is 1. The lowest BCUT2D eigenvalue weighted by Gasteiger charge is -2.23. The second-order valence-corrected chi connectivity index (χ2v) is 6.99. The van der Waals surface area contributed by atoms with Crippen molar-refractivity contribution in [1.82, 2.24) is 5.23 Å². The lowest BCUT2D eigenvalue weighted by atomic mass is 9.96. The van der Waals surface area contributed by atoms with Crippen molar-refractivity contribution in [3.63, 3.8) is 0 Å². The third kappa shape index (κ3) is 12.6. The van der Waals surface area contributed by atoms with Crippen LogP contribution in [-0.4, -0.2) is 66.4 Å². The summed E-state index contributed by atoms with van der Waals surface area (Å²) in [5, 5.41) is 56.2. The first-order valence-electron chi connectivity index (χ1n) is 9.72. The lowest BCUT2D eigenvalue weighted by molar-refractivity contribution is -0.285. The number of hydroxylamine groups is 2. The van der Waals surface area contributed by atoms with Crippen LogP contribution >= 0.6 is 0 Å². The second-order valence-electron chi connectivity index (χ2n) is 6.99. The molecule has 0 fully saturated rings. The molecule has 0 aliphatic heterocycles. The average Bonchev–Trinajstić information content (AvgIpc) is 2.60. The van der Waals surface area contributed by atoms with Gasteiger partial charge in [-0.2, -0.15) is 0 Å². The predicted octanol–water partition coefficient (Wildman–Crippen LogP) is 1.74. The van der Waals surface area contributed by atoms with Gasteiger partial charge < -0.3 is 20.4 Å². The van der Waals surface area contributed by atoms with Crippen LogP contribution in [0.4, 0.5) is 0 Å². The van der Waals surface area contributed by atoms with Crippen molar-refractivity contribution in [2.24, 2.45) is 0 Å². The Bertz CT molecular complexity index is 354. The number of hydrogen-bond donors (Lipinski definition) is 6. The van der Waals surface area contributed by atoms with E-state index in [0.717, 1.165) is 38.5 Å². The van der Waals surface area contributed by atoms with E-state index in [9.17, 15) is 25.2 Å². The number of carbonyl (C=O) groups is 1. The summed E-state index contributed by atoms with van der Waals surface area (Å²) in [5.41, 5.74) is 0. The van der Waals surface area contributed by atoms with Gasteiger partial charge in [-0.25, -0.2) is 0 Å². The fourth-order valence-electron chi connectivity index (χ4n) is 2.81. The van der Waals surface area contributed by atoms with Gasteiger partial charge in [-0.3, -0.25) is 15.2 Å². The Kier molecular flexibility index (Phi) is 14.9. The van der Waals surface area contributed by atoms with Gasteiger partial charge >= 0.3 is 0 Å². The van der Waals surface area contributed by atoms with Crippen molar-refractivity contribution in [1.29, 1.82) is 0 Å². The summed E-state index contributed by atoms with van der Waals surface area (Å²) in [6.45, 7) is 2.06. The van der Waals surface area contributed by atoms with Gasteiger partial charge in [0.2, 0.25) is 0 Å². The maximum Gasteiger partial charge on any atom is 0.273 e. The van der Waals surface area contributed by atoms with Crippen LogP contribution in [0, 0.1) is 0 Å². The summed E-state index contributed by atoms with van der Waals surface area (Å²) in [4.78, 5) is 10.9. The van der Waals surface area contributed by atoms with Crippen LogP contribution in [0.2, 0.25) is 0 Å². The van der Waals surface area contributed by atoms with E-state index in [1.54, 1.807) is 0 Å². The third-order valence-electron chi connectivity index (χ3n) is 4.59. The molecule has 8 heteroatoms. The van der Waals surface area contributed by atoms with E-state index in [1.807, 2.05) is 0 Å². The molecule has 1 amide bonds. The number of unbranched alkanes of at least 4 members (excludes halogenated alkanes) is 6. The summed E-state index contributed by atoms with van der Waals surface area (Å²) in [6, 6.07) is 0. The van der Waals surface area contributed by atoms with Crippen LogP contribution < -0.4 is 0 Å². The van der Waals surface area contributed by atoms with E-state index in [4.69, 9.17) is 10.4 Å². The summed E-state index contributed by atoms with van der Waals surface area (Å²) in [6.07, 6.45) is 3.54. The van der Waals surface area contributed by atoms with Gasteiger partial charge in [-0.05, 0) is 19.3 Å². The zero-order chi connectivity index (χ0) is 19.9. The number of carbonyl (C=O) groups excluding carboxylic acids is 1. The molecule has 8 nitrogen and oxygen atoms in total. The van der Waals surface area contributed by atoms with Crippen LogP contribution in [0.15, 0.2) is 0 Å². The monoisotopic (exact) mass is 379 g/mol. The highest BCUT2D eigenvalue weighted by atomic mass is 16.8. The molecule has 0 bridgehead atoms. The van der Waals surface area contributed by atoms with E-state index in [2.05, 4.69) is 6.92 Å². The van der Waals surface area contributed by atoms with E-state index >= 15 is 0 Å². The Morgan fingerprint density at radius 2 is 1.19 bits per heavy atom. The number of aliphatic hydroxyl groups excluding tert-OH is 4. The highest BCUT2D eigenvalue weighted by molar-refractivity contribution is 5.73. The normalized spacial score (nSPS) is 16.1. The maximum absolute atomic E-state index is 10.9. The van der Waals surface area contributed by atoms with Gasteiger partial charge in [-0.15, -0.1) is 0 Å². The second kappa shape index (κ2) is 15.3. The summed E-state index contributed by atoms with van der Waals surface area (Å²) in [7, 11) is 0. The van der Waals surface area contributed by atoms with Crippen LogP contribution in [0.25, 0.3) is 0 Å². The Hall–Kier alpha value is -0.770. The quantitative estimate of drug-likeness (QED) is 0.136. The Morgan fingerprint density at radius 3 is 1.69 bits per heavy atom. The fourth-order valence-corrected chi connectivity index (χ4v) is 2.81. The highest BCUT2D eigenvalue weighted by Gasteiger charge is 2.24. The summed E-state index contributed by atoms with van der Waals surface area (Å²) in [5.74, 6) is -0.737. The average molecular weight is 379 g/mol. The van der Waals surface area contributed by atoms with Gasteiger partial charge in [-0.1, -0.05) is 57.1 Å². The minimum atomic E-state index is -1.07. The van der Waals surface area contributed by atoms with Gasteiger partial charge in [0, 0.05) is 12.8 Å². The standard InChI is InChI=1S/C18H37NO7/c1-2-3-7-10-14(20)16(22)13-17(23)15(21)11-8-5-4-6-9-12-18(24)19(25)26/h14-17,20-23,25-26H,2-13H2,1H3. The Balaban J connectivity index is 3.75. The summed E-state index contributed by atoms with van der Waals surface area (Å²) >= 11 is 0. The SMILES string of the molecule is CCCCCC(O)C(O)CC(O)C(O)CCCCCCCC(=O)N(O)O. The van der Waals surface area contributed by atoms with Crippen LogP contribution in [-0.2, 0) is 4.79 Å². The molecule has 6 N–H and O–H groups in total.